The van der Waals surface area contributed by atoms with Crippen LogP contribution in [0.15, 0.2) is 12.1 Å². The molecular formula is C18H29NO10. The van der Waals surface area contributed by atoms with Gasteiger partial charge in [-0.1, -0.05) is 6.42 Å². The van der Waals surface area contributed by atoms with Gasteiger partial charge in [-0.25, -0.2) is 4.79 Å². The summed E-state index contributed by atoms with van der Waals surface area (Å²) in [4.78, 5) is 48.3. The Balaban J connectivity index is 1.76. The van der Waals surface area contributed by atoms with E-state index in [1.54, 1.807) is 34.6 Å². The molecule has 0 atom stereocenters. The molecule has 11 heteroatoms. The number of carbonyl (C=O) groups is 1. The van der Waals surface area contributed by atoms with Gasteiger partial charge in [-0.05, 0) is 47.5 Å². The lowest BCUT2D eigenvalue weighted by molar-refractivity contribution is -0.540. The van der Waals surface area contributed by atoms with E-state index in [4.69, 9.17) is 34.2 Å². The molecule has 1 aromatic heterocycles. The molecule has 1 aliphatic heterocycles. The molecular weight excluding hydrogens is 390 g/mol. The van der Waals surface area contributed by atoms with Crippen LogP contribution in [0.3, 0.4) is 0 Å². The third-order valence-corrected chi connectivity index (χ3v) is 3.78. The van der Waals surface area contributed by atoms with Gasteiger partial charge in [-0.3, -0.25) is 0 Å². The predicted octanol–water partition coefficient (Wildman–Crippen LogP) is 2.85. The summed E-state index contributed by atoms with van der Waals surface area (Å²) in [6, 6.07) is 2.42. The molecule has 1 fully saturated rings. The van der Waals surface area contributed by atoms with Crippen LogP contribution in [0.5, 0.6) is 11.8 Å². The molecule has 0 aliphatic carbocycles. The summed E-state index contributed by atoms with van der Waals surface area (Å²) in [5.41, 5.74) is 0. The first kappa shape index (κ1) is 23.4. The fourth-order valence-corrected chi connectivity index (χ4v) is 2.24. The van der Waals surface area contributed by atoms with Crippen molar-refractivity contribution in [1.29, 1.82) is 0 Å². The number of unbranched alkanes of at least 4 members (excludes halogenated alkanes) is 2. The van der Waals surface area contributed by atoms with Crippen LogP contribution >= 0.6 is 0 Å². The minimum Gasteiger partial charge on any atom is -0.492 e. The van der Waals surface area contributed by atoms with Crippen molar-refractivity contribution in [3.8, 4) is 11.8 Å². The second kappa shape index (κ2) is 9.28. The van der Waals surface area contributed by atoms with Gasteiger partial charge in [0.25, 0.3) is 0 Å². The lowest BCUT2D eigenvalue weighted by atomic mass is 10.1. The van der Waals surface area contributed by atoms with Crippen molar-refractivity contribution < 1.29 is 49.2 Å². The van der Waals surface area contributed by atoms with Gasteiger partial charge in [-0.15, -0.1) is 4.73 Å². The Morgan fingerprint density at radius 2 is 1.34 bits per heavy atom. The number of aromatic nitrogens is 1. The zero-order chi connectivity index (χ0) is 21.7. The Labute approximate surface area is 168 Å². The summed E-state index contributed by atoms with van der Waals surface area (Å²) >= 11 is 0. The molecule has 0 aromatic carbocycles. The highest BCUT2D eigenvalue weighted by atomic mass is 17.4. The average Bonchev–Trinajstić information content (AvgIpc) is 2.96. The van der Waals surface area contributed by atoms with Crippen molar-refractivity contribution in [3.05, 3.63) is 12.1 Å². The van der Waals surface area contributed by atoms with Crippen LogP contribution in [0.2, 0.25) is 0 Å². The molecule has 2 heterocycles. The maximum atomic E-state index is 11.8. The SMILES string of the molecule is CC1(C)OOC(C)(C)OOC(C)(CCCCCC(=O)On2c(O)ccc2O)OO1. The summed E-state index contributed by atoms with van der Waals surface area (Å²) in [5, 5.41) is 18.9. The summed E-state index contributed by atoms with van der Waals surface area (Å²) in [6.07, 6.45) is 2.29. The topological polar surface area (TPSA) is 127 Å². The zero-order valence-electron chi connectivity index (χ0n) is 17.3. The van der Waals surface area contributed by atoms with Crippen molar-refractivity contribution in [2.75, 3.05) is 0 Å². The predicted molar refractivity (Wildman–Crippen MR) is 95.5 cm³/mol. The van der Waals surface area contributed by atoms with Gasteiger partial charge in [0, 0.05) is 25.0 Å². The van der Waals surface area contributed by atoms with Gasteiger partial charge >= 0.3 is 5.97 Å². The van der Waals surface area contributed by atoms with E-state index in [1.165, 1.54) is 12.1 Å². The molecule has 0 saturated carbocycles. The monoisotopic (exact) mass is 419 g/mol. The summed E-state index contributed by atoms with van der Waals surface area (Å²) in [5.74, 6) is -4.91. The minimum atomic E-state index is -1.23. The van der Waals surface area contributed by atoms with E-state index >= 15 is 0 Å². The van der Waals surface area contributed by atoms with Crippen molar-refractivity contribution >= 4 is 5.97 Å². The van der Waals surface area contributed by atoms with Gasteiger partial charge in [0.05, 0.1) is 0 Å². The number of nitrogens with zero attached hydrogens (tertiary/aromatic N) is 1. The molecule has 0 spiro atoms. The first-order chi connectivity index (χ1) is 13.4. The molecule has 1 saturated heterocycles. The Morgan fingerprint density at radius 1 is 0.862 bits per heavy atom. The van der Waals surface area contributed by atoms with Crippen molar-refractivity contribution in [2.24, 2.45) is 0 Å². The standard InChI is InChI=1S/C18H29NO10/c1-16(2)24-25-17(3,4)27-29-18(5,28-26-16)12-8-6-7-9-15(22)23-19-13(20)10-11-14(19)21/h10-11,20-21H,6-9,12H2,1-5H3. The number of hydrogen-bond acceptors (Lipinski definition) is 10. The molecule has 2 rings (SSSR count). The van der Waals surface area contributed by atoms with Crippen molar-refractivity contribution in [3.63, 3.8) is 0 Å². The first-order valence-corrected chi connectivity index (χ1v) is 9.33. The van der Waals surface area contributed by atoms with E-state index in [0.29, 0.717) is 30.4 Å². The van der Waals surface area contributed by atoms with Crippen LogP contribution in [0.1, 0.15) is 66.7 Å². The van der Waals surface area contributed by atoms with Crippen LogP contribution < -0.4 is 4.84 Å². The first-order valence-electron chi connectivity index (χ1n) is 9.33. The largest absolute Gasteiger partial charge is 0.492 e. The van der Waals surface area contributed by atoms with Crippen LogP contribution in [-0.2, 0) is 34.1 Å². The lowest BCUT2D eigenvalue weighted by Gasteiger charge is -2.29. The Kier molecular flexibility index (Phi) is 7.49. The quantitative estimate of drug-likeness (QED) is 0.503. The lowest BCUT2D eigenvalue weighted by Crippen LogP contribution is -2.37. The molecule has 1 aliphatic rings. The third-order valence-electron chi connectivity index (χ3n) is 3.78. The van der Waals surface area contributed by atoms with E-state index in [2.05, 4.69) is 0 Å². The van der Waals surface area contributed by atoms with E-state index in [0.717, 1.165) is 0 Å². The molecule has 0 radical (unpaired) electrons. The number of hydrogen-bond donors (Lipinski definition) is 2. The maximum Gasteiger partial charge on any atom is 0.333 e. The molecule has 2 N–H and O–H groups in total. The average molecular weight is 419 g/mol. The van der Waals surface area contributed by atoms with Crippen LogP contribution in [-0.4, -0.2) is 38.3 Å². The second-order valence-corrected chi connectivity index (χ2v) is 7.80. The molecule has 166 valence electrons. The van der Waals surface area contributed by atoms with E-state index in [-0.39, 0.29) is 18.2 Å². The highest BCUT2D eigenvalue weighted by Crippen LogP contribution is 2.30. The van der Waals surface area contributed by atoms with Gasteiger partial charge in [0.15, 0.2) is 0 Å². The summed E-state index contributed by atoms with van der Waals surface area (Å²) < 4.78 is 0.658. The Morgan fingerprint density at radius 3 is 1.86 bits per heavy atom. The van der Waals surface area contributed by atoms with E-state index in [9.17, 15) is 15.0 Å². The van der Waals surface area contributed by atoms with Crippen LogP contribution in [0.4, 0.5) is 0 Å². The van der Waals surface area contributed by atoms with Gasteiger partial charge in [-0.2, -0.15) is 29.3 Å². The molecule has 1 aromatic rings. The fraction of sp³-hybridized carbons (Fsp3) is 0.722. The number of rotatable bonds is 7. The molecule has 11 nitrogen and oxygen atoms in total. The highest BCUT2D eigenvalue weighted by Gasteiger charge is 2.39. The minimum absolute atomic E-state index is 0.101. The number of aromatic hydroxyl groups is 2. The number of carbonyl (C=O) groups excluding carboxylic acids is 1. The smallest absolute Gasteiger partial charge is 0.333 e. The van der Waals surface area contributed by atoms with Crippen molar-refractivity contribution in [2.45, 2.75) is 84.1 Å². The van der Waals surface area contributed by atoms with E-state index in [1.807, 2.05) is 0 Å². The van der Waals surface area contributed by atoms with Gasteiger partial charge in [0.1, 0.15) is 0 Å². The second-order valence-electron chi connectivity index (χ2n) is 7.80. The summed E-state index contributed by atoms with van der Waals surface area (Å²) in [7, 11) is 0. The van der Waals surface area contributed by atoms with Crippen LogP contribution in [0.25, 0.3) is 0 Å². The normalized spacial score (nSPS) is 21.0. The summed E-state index contributed by atoms with van der Waals surface area (Å²) in [6.45, 7) is 8.10. The molecule has 0 amide bonds. The van der Waals surface area contributed by atoms with Crippen LogP contribution in [0, 0.1) is 0 Å². The van der Waals surface area contributed by atoms with Gasteiger partial charge < -0.3 is 15.1 Å². The maximum absolute atomic E-state index is 11.8. The Hall–Kier alpha value is -1.89. The fourth-order valence-electron chi connectivity index (χ4n) is 2.24. The van der Waals surface area contributed by atoms with Gasteiger partial charge in [0.2, 0.25) is 29.1 Å². The van der Waals surface area contributed by atoms with Crippen molar-refractivity contribution in [1.82, 2.24) is 4.73 Å². The molecule has 0 bridgehead atoms. The molecule has 0 unspecified atom stereocenters. The highest BCUT2D eigenvalue weighted by molar-refractivity contribution is 5.69. The third kappa shape index (κ3) is 7.46. The molecule has 29 heavy (non-hydrogen) atoms. The Bertz CT molecular complexity index is 645. The zero-order valence-corrected chi connectivity index (χ0v) is 17.3. The van der Waals surface area contributed by atoms with E-state index < -0.39 is 23.3 Å².